The molecule has 0 aliphatic carbocycles. The van der Waals surface area contributed by atoms with Crippen molar-refractivity contribution in [3.8, 4) is 11.5 Å². The van der Waals surface area contributed by atoms with E-state index in [2.05, 4.69) is 11.8 Å². The summed E-state index contributed by atoms with van der Waals surface area (Å²) in [7, 11) is 3.28. The van der Waals surface area contributed by atoms with Crippen LogP contribution in [-0.2, 0) is 22.5 Å². The van der Waals surface area contributed by atoms with Crippen LogP contribution in [0.25, 0.3) is 0 Å². The van der Waals surface area contributed by atoms with Gasteiger partial charge in [-0.2, -0.15) is 0 Å². The van der Waals surface area contributed by atoms with Gasteiger partial charge in [0.15, 0.2) is 11.5 Å². The van der Waals surface area contributed by atoms with Gasteiger partial charge in [-0.15, -0.1) is 0 Å². The van der Waals surface area contributed by atoms with Crippen molar-refractivity contribution in [2.75, 3.05) is 47.1 Å². The Bertz CT molecular complexity index is 605. The molecule has 2 aliphatic heterocycles. The second kappa shape index (κ2) is 7.40. The number of fused-ring (bicyclic) bond motifs is 1. The van der Waals surface area contributed by atoms with Gasteiger partial charge in [0.1, 0.15) is 0 Å². The fraction of sp³-hybridized carbons (Fsp3) is 0.611. The molecule has 0 spiro atoms. The van der Waals surface area contributed by atoms with E-state index >= 15 is 0 Å². The zero-order valence-corrected chi connectivity index (χ0v) is 14.7. The molecule has 1 aromatic rings. The summed E-state index contributed by atoms with van der Waals surface area (Å²) in [6.45, 7) is 6.18. The van der Waals surface area contributed by atoms with E-state index in [0.717, 1.165) is 30.8 Å². The molecule has 0 bridgehead atoms. The van der Waals surface area contributed by atoms with Crippen LogP contribution in [0.5, 0.6) is 11.5 Å². The average Bonchev–Trinajstić information content (AvgIpc) is 2.61. The van der Waals surface area contributed by atoms with E-state index in [1.54, 1.807) is 14.2 Å². The van der Waals surface area contributed by atoms with Gasteiger partial charge in [0.25, 0.3) is 0 Å². The molecule has 1 saturated heterocycles. The molecule has 2 heterocycles. The van der Waals surface area contributed by atoms with Gasteiger partial charge in [-0.1, -0.05) is 0 Å². The molecule has 0 N–H and O–H groups in total. The number of carbonyl (C=O) groups excluding carboxylic acids is 1. The molecule has 0 saturated carbocycles. The standard InChI is InChI=1S/C18H26N2O4/c1-13-12-24-7-6-19(13)11-18(21)20-5-4-14-8-16(22-2)17(23-3)9-15(14)10-20/h8-9,13H,4-7,10-12H2,1-3H3/t13-/m1/s1. The topological polar surface area (TPSA) is 51.2 Å². The van der Waals surface area contributed by atoms with Crippen LogP contribution in [0.1, 0.15) is 18.1 Å². The highest BCUT2D eigenvalue weighted by Crippen LogP contribution is 2.33. The average molecular weight is 334 g/mol. The highest BCUT2D eigenvalue weighted by molar-refractivity contribution is 5.78. The lowest BCUT2D eigenvalue weighted by Gasteiger charge is -2.35. The maximum atomic E-state index is 12.7. The Morgan fingerprint density at radius 3 is 2.58 bits per heavy atom. The molecule has 132 valence electrons. The SMILES string of the molecule is COc1cc2c(cc1OC)CN(C(=O)CN1CCOC[C@H]1C)CC2. The smallest absolute Gasteiger partial charge is 0.237 e. The van der Waals surface area contributed by atoms with Crippen LogP contribution in [0.2, 0.25) is 0 Å². The van der Waals surface area contributed by atoms with E-state index < -0.39 is 0 Å². The second-order valence-electron chi connectivity index (χ2n) is 6.44. The van der Waals surface area contributed by atoms with Crippen LogP contribution >= 0.6 is 0 Å². The maximum Gasteiger partial charge on any atom is 0.237 e. The lowest BCUT2D eigenvalue weighted by Crippen LogP contribution is -2.49. The summed E-state index contributed by atoms with van der Waals surface area (Å²) < 4.78 is 16.2. The number of ether oxygens (including phenoxy) is 3. The van der Waals surface area contributed by atoms with Gasteiger partial charge in [-0.05, 0) is 36.6 Å². The number of morpholine rings is 1. The lowest BCUT2D eigenvalue weighted by molar-refractivity contribution is -0.135. The molecule has 1 fully saturated rings. The van der Waals surface area contributed by atoms with E-state index in [4.69, 9.17) is 14.2 Å². The molecule has 6 heteroatoms. The normalized spacial score (nSPS) is 21.3. The first-order chi connectivity index (χ1) is 11.6. The number of nitrogens with zero attached hydrogens (tertiary/aromatic N) is 2. The number of rotatable bonds is 4. The molecule has 6 nitrogen and oxygen atoms in total. The Morgan fingerprint density at radius 1 is 1.21 bits per heavy atom. The molecule has 0 radical (unpaired) electrons. The molecule has 0 unspecified atom stereocenters. The highest BCUT2D eigenvalue weighted by atomic mass is 16.5. The largest absolute Gasteiger partial charge is 0.493 e. The number of carbonyl (C=O) groups is 1. The number of benzene rings is 1. The van der Waals surface area contributed by atoms with Crippen LogP contribution in [0.3, 0.4) is 0 Å². The molecule has 1 amide bonds. The minimum Gasteiger partial charge on any atom is -0.493 e. The first-order valence-electron chi connectivity index (χ1n) is 8.45. The fourth-order valence-corrected chi connectivity index (χ4v) is 3.37. The van der Waals surface area contributed by atoms with Gasteiger partial charge in [0, 0.05) is 25.7 Å². The summed E-state index contributed by atoms with van der Waals surface area (Å²) in [6.07, 6.45) is 0.847. The minimum absolute atomic E-state index is 0.184. The van der Waals surface area contributed by atoms with E-state index in [-0.39, 0.29) is 5.91 Å². The van der Waals surface area contributed by atoms with E-state index in [9.17, 15) is 4.79 Å². The summed E-state index contributed by atoms with van der Waals surface area (Å²) in [5, 5.41) is 0. The van der Waals surface area contributed by atoms with Crippen molar-refractivity contribution >= 4 is 5.91 Å². The van der Waals surface area contributed by atoms with Crippen molar-refractivity contribution < 1.29 is 19.0 Å². The quantitative estimate of drug-likeness (QED) is 0.831. The van der Waals surface area contributed by atoms with Gasteiger partial charge in [-0.3, -0.25) is 9.69 Å². The summed E-state index contributed by atoms with van der Waals surface area (Å²) in [4.78, 5) is 16.8. The third-order valence-corrected chi connectivity index (χ3v) is 4.91. The van der Waals surface area contributed by atoms with Crippen molar-refractivity contribution in [2.45, 2.75) is 25.9 Å². The maximum absolute atomic E-state index is 12.7. The van der Waals surface area contributed by atoms with Crippen molar-refractivity contribution in [3.63, 3.8) is 0 Å². The molecular formula is C18H26N2O4. The number of methoxy groups -OCH3 is 2. The Morgan fingerprint density at radius 2 is 1.92 bits per heavy atom. The minimum atomic E-state index is 0.184. The summed E-state index contributed by atoms with van der Waals surface area (Å²) >= 11 is 0. The molecular weight excluding hydrogens is 308 g/mol. The van der Waals surface area contributed by atoms with E-state index in [1.165, 1.54) is 5.56 Å². The predicted octanol–water partition coefficient (Wildman–Crippen LogP) is 1.31. The van der Waals surface area contributed by atoms with Gasteiger partial charge in [0.05, 0.1) is 34.0 Å². The van der Waals surface area contributed by atoms with Gasteiger partial charge in [-0.25, -0.2) is 0 Å². The molecule has 1 aromatic carbocycles. The number of hydrogen-bond donors (Lipinski definition) is 0. The van der Waals surface area contributed by atoms with E-state index in [0.29, 0.717) is 38.1 Å². The summed E-state index contributed by atoms with van der Waals surface area (Å²) in [5.74, 6) is 1.65. The van der Waals surface area contributed by atoms with Crippen molar-refractivity contribution in [2.24, 2.45) is 0 Å². The molecule has 24 heavy (non-hydrogen) atoms. The van der Waals surface area contributed by atoms with Crippen molar-refractivity contribution in [1.29, 1.82) is 0 Å². The van der Waals surface area contributed by atoms with Crippen LogP contribution in [0.15, 0.2) is 12.1 Å². The zero-order valence-electron chi connectivity index (χ0n) is 14.7. The first-order valence-corrected chi connectivity index (χ1v) is 8.45. The Balaban J connectivity index is 1.68. The van der Waals surface area contributed by atoms with Crippen LogP contribution in [0.4, 0.5) is 0 Å². The second-order valence-corrected chi connectivity index (χ2v) is 6.44. The number of amides is 1. The predicted molar refractivity (Wildman–Crippen MR) is 90.5 cm³/mol. The molecule has 1 atom stereocenters. The highest BCUT2D eigenvalue weighted by Gasteiger charge is 2.26. The van der Waals surface area contributed by atoms with Gasteiger partial charge >= 0.3 is 0 Å². The van der Waals surface area contributed by atoms with Crippen molar-refractivity contribution in [3.05, 3.63) is 23.3 Å². The van der Waals surface area contributed by atoms with Crippen LogP contribution in [0, 0.1) is 0 Å². The van der Waals surface area contributed by atoms with Gasteiger partial charge in [0.2, 0.25) is 5.91 Å². The van der Waals surface area contributed by atoms with E-state index in [1.807, 2.05) is 17.0 Å². The molecule has 2 aliphatic rings. The first kappa shape index (κ1) is 17.0. The number of hydrogen-bond acceptors (Lipinski definition) is 5. The Labute approximate surface area is 143 Å². The monoisotopic (exact) mass is 334 g/mol. The fourth-order valence-electron chi connectivity index (χ4n) is 3.37. The molecule has 3 rings (SSSR count). The third-order valence-electron chi connectivity index (χ3n) is 4.91. The Hall–Kier alpha value is -1.79. The summed E-state index contributed by atoms with van der Waals surface area (Å²) in [5.41, 5.74) is 2.37. The Kier molecular flexibility index (Phi) is 5.26. The zero-order chi connectivity index (χ0) is 17.1. The molecule has 0 aromatic heterocycles. The lowest BCUT2D eigenvalue weighted by atomic mass is 9.98. The third kappa shape index (κ3) is 3.49. The van der Waals surface area contributed by atoms with Crippen LogP contribution < -0.4 is 9.47 Å². The van der Waals surface area contributed by atoms with Crippen molar-refractivity contribution in [1.82, 2.24) is 9.80 Å². The van der Waals surface area contributed by atoms with Gasteiger partial charge < -0.3 is 19.1 Å². The summed E-state index contributed by atoms with van der Waals surface area (Å²) in [6, 6.07) is 4.31. The van der Waals surface area contributed by atoms with Crippen LogP contribution in [-0.4, -0.2) is 68.8 Å².